The Balaban J connectivity index is 1.94. The highest BCUT2D eigenvalue weighted by molar-refractivity contribution is 6.37. The molecule has 0 radical (unpaired) electrons. The minimum Gasteiger partial charge on any atom is -0.384 e. The summed E-state index contributed by atoms with van der Waals surface area (Å²) in [4.78, 5) is 15.4. The first-order valence-electron chi connectivity index (χ1n) is 8.83. The van der Waals surface area contributed by atoms with Gasteiger partial charge in [0, 0.05) is 28.7 Å². The third kappa shape index (κ3) is 3.34. The Morgan fingerprint density at radius 1 is 1.14 bits per heavy atom. The lowest BCUT2D eigenvalue weighted by molar-refractivity contribution is 0.102. The fourth-order valence-electron chi connectivity index (χ4n) is 3.72. The molecule has 5 nitrogen and oxygen atoms in total. The number of carbonyl (C=O) groups is 1. The van der Waals surface area contributed by atoms with Crippen LogP contribution in [0.5, 0.6) is 0 Å². The van der Waals surface area contributed by atoms with Crippen LogP contribution in [0.1, 0.15) is 21.8 Å². The van der Waals surface area contributed by atoms with E-state index in [0.29, 0.717) is 51.5 Å². The molecular formula is C21H15Cl3N4O. The quantitative estimate of drug-likeness (QED) is 0.683. The maximum atomic E-state index is 13.6. The van der Waals surface area contributed by atoms with Gasteiger partial charge in [0.2, 0.25) is 0 Å². The first-order valence-corrected chi connectivity index (χ1v) is 9.96. The van der Waals surface area contributed by atoms with Crippen molar-refractivity contribution in [1.29, 1.82) is 5.26 Å². The number of nitrogens with one attached hydrogen (secondary N) is 1. The molecule has 4 rings (SSSR count). The fourth-order valence-corrected chi connectivity index (χ4v) is 4.34. The van der Waals surface area contributed by atoms with Crippen molar-refractivity contribution < 1.29 is 4.79 Å². The van der Waals surface area contributed by atoms with E-state index in [9.17, 15) is 10.1 Å². The number of hydrogen-bond donors (Lipinski definition) is 2. The molecule has 0 amide bonds. The Bertz CT molecular complexity index is 1120. The highest BCUT2D eigenvalue weighted by Gasteiger charge is 2.41. The molecule has 0 saturated carbocycles. The number of halogens is 3. The van der Waals surface area contributed by atoms with Gasteiger partial charge < -0.3 is 16.0 Å². The first-order chi connectivity index (χ1) is 13.9. The number of benzene rings is 2. The molecule has 3 N–H and O–H groups in total. The van der Waals surface area contributed by atoms with E-state index in [2.05, 4.69) is 11.4 Å². The van der Waals surface area contributed by atoms with Crippen molar-refractivity contribution >= 4 is 40.6 Å². The molecule has 8 heteroatoms. The number of rotatable bonds is 3. The lowest BCUT2D eigenvalue weighted by Gasteiger charge is -2.33. The van der Waals surface area contributed by atoms with Crippen LogP contribution in [0.2, 0.25) is 15.1 Å². The zero-order valence-corrected chi connectivity index (χ0v) is 17.3. The van der Waals surface area contributed by atoms with Gasteiger partial charge in [-0.3, -0.25) is 4.79 Å². The summed E-state index contributed by atoms with van der Waals surface area (Å²) in [6.07, 6.45) is 0. The van der Waals surface area contributed by atoms with Crippen molar-refractivity contribution in [3.8, 4) is 6.07 Å². The van der Waals surface area contributed by atoms with Crippen molar-refractivity contribution in [2.75, 3.05) is 13.1 Å². The van der Waals surface area contributed by atoms with E-state index in [1.54, 1.807) is 41.3 Å². The van der Waals surface area contributed by atoms with E-state index in [0.717, 1.165) is 5.56 Å². The normalized spacial score (nSPS) is 18.4. The summed E-state index contributed by atoms with van der Waals surface area (Å²) in [5, 5.41) is 14.4. The number of ketones is 1. The SMILES string of the molecule is N#CC1=C(N)N2CCNC2=C(C(=O)c2ccc(Cl)cc2Cl)C1c1ccc(Cl)cc1. The van der Waals surface area contributed by atoms with Gasteiger partial charge in [-0.2, -0.15) is 5.26 Å². The number of hydrogen-bond acceptors (Lipinski definition) is 5. The molecule has 29 heavy (non-hydrogen) atoms. The van der Waals surface area contributed by atoms with E-state index in [1.165, 1.54) is 6.07 Å². The molecule has 2 heterocycles. The predicted molar refractivity (Wildman–Crippen MR) is 114 cm³/mol. The zero-order chi connectivity index (χ0) is 20.7. The van der Waals surface area contributed by atoms with Crippen LogP contribution in [0.3, 0.4) is 0 Å². The minimum atomic E-state index is -0.645. The fraction of sp³-hybridized carbons (Fsp3) is 0.143. The Kier molecular flexibility index (Phi) is 5.18. The molecule has 2 aromatic carbocycles. The summed E-state index contributed by atoms with van der Waals surface area (Å²) >= 11 is 18.3. The van der Waals surface area contributed by atoms with Crippen LogP contribution >= 0.6 is 34.8 Å². The van der Waals surface area contributed by atoms with Gasteiger partial charge in [-0.05, 0) is 35.9 Å². The van der Waals surface area contributed by atoms with Gasteiger partial charge in [0.1, 0.15) is 11.6 Å². The average Bonchev–Trinajstić information content (AvgIpc) is 3.18. The molecule has 1 fully saturated rings. The number of nitriles is 1. The summed E-state index contributed by atoms with van der Waals surface area (Å²) in [5.41, 5.74) is 8.09. The number of carbonyl (C=O) groups excluding carboxylic acids is 1. The molecule has 0 aromatic heterocycles. The van der Waals surface area contributed by atoms with E-state index >= 15 is 0 Å². The maximum absolute atomic E-state index is 13.6. The van der Waals surface area contributed by atoms with Gasteiger partial charge in [-0.25, -0.2) is 0 Å². The molecule has 2 aliphatic heterocycles. The molecule has 1 atom stereocenters. The van der Waals surface area contributed by atoms with Crippen LogP contribution in [-0.2, 0) is 0 Å². The summed E-state index contributed by atoms with van der Waals surface area (Å²) in [5.74, 6) is -0.00158. The van der Waals surface area contributed by atoms with Crippen molar-refractivity contribution in [1.82, 2.24) is 10.2 Å². The van der Waals surface area contributed by atoms with E-state index in [1.807, 2.05) is 0 Å². The Morgan fingerprint density at radius 3 is 2.48 bits per heavy atom. The first kappa shape index (κ1) is 19.7. The van der Waals surface area contributed by atoms with Crippen molar-refractivity contribution in [3.05, 3.63) is 91.4 Å². The number of fused-ring (bicyclic) bond motifs is 1. The van der Waals surface area contributed by atoms with Gasteiger partial charge in [-0.1, -0.05) is 46.9 Å². The van der Waals surface area contributed by atoms with Gasteiger partial charge in [-0.15, -0.1) is 0 Å². The Labute approximate surface area is 182 Å². The number of nitrogens with two attached hydrogens (primary N) is 1. The summed E-state index contributed by atoms with van der Waals surface area (Å²) in [6, 6.07) is 14.0. The number of allylic oxidation sites excluding steroid dienone is 2. The molecule has 1 saturated heterocycles. The summed E-state index contributed by atoms with van der Waals surface area (Å²) in [6.45, 7) is 1.16. The molecule has 146 valence electrons. The van der Waals surface area contributed by atoms with Gasteiger partial charge in [0.05, 0.1) is 28.2 Å². The lowest BCUT2D eigenvalue weighted by atomic mass is 9.79. The van der Waals surface area contributed by atoms with Gasteiger partial charge in [0.25, 0.3) is 0 Å². The van der Waals surface area contributed by atoms with Crippen LogP contribution < -0.4 is 11.1 Å². The second kappa shape index (κ2) is 7.64. The summed E-state index contributed by atoms with van der Waals surface area (Å²) in [7, 11) is 0. The third-order valence-electron chi connectivity index (χ3n) is 5.04. The van der Waals surface area contributed by atoms with Crippen LogP contribution in [0.4, 0.5) is 0 Å². The second-order valence-corrected chi connectivity index (χ2v) is 7.97. The van der Waals surface area contributed by atoms with Crippen molar-refractivity contribution in [2.24, 2.45) is 5.73 Å². The second-order valence-electron chi connectivity index (χ2n) is 6.69. The summed E-state index contributed by atoms with van der Waals surface area (Å²) < 4.78 is 0. The highest BCUT2D eigenvalue weighted by atomic mass is 35.5. The lowest BCUT2D eigenvalue weighted by Crippen LogP contribution is -2.36. The average molecular weight is 446 g/mol. The van der Waals surface area contributed by atoms with E-state index in [4.69, 9.17) is 40.5 Å². The highest BCUT2D eigenvalue weighted by Crippen LogP contribution is 2.43. The molecule has 0 spiro atoms. The monoisotopic (exact) mass is 444 g/mol. The van der Waals surface area contributed by atoms with Crippen LogP contribution in [-0.4, -0.2) is 23.8 Å². The minimum absolute atomic E-state index is 0.246. The van der Waals surface area contributed by atoms with Crippen LogP contribution in [0, 0.1) is 11.3 Å². The zero-order valence-electron chi connectivity index (χ0n) is 15.0. The van der Waals surface area contributed by atoms with Crippen LogP contribution in [0.15, 0.2) is 65.3 Å². The number of nitrogens with zero attached hydrogens (tertiary/aromatic N) is 2. The standard InChI is InChI=1S/C21H15Cl3N4O/c22-12-3-1-11(2-4-12)17-15(10-25)20(26)28-8-7-27-21(28)18(17)19(29)14-6-5-13(23)9-16(14)24/h1-6,9,17,27H,7-8,26H2. The van der Waals surface area contributed by atoms with Gasteiger partial charge >= 0.3 is 0 Å². The smallest absolute Gasteiger partial charge is 0.195 e. The number of Topliss-reactive ketones (excluding diaryl/α,β-unsaturated/α-hetero) is 1. The third-order valence-corrected chi connectivity index (χ3v) is 5.84. The molecule has 0 aliphatic carbocycles. The molecule has 1 unspecified atom stereocenters. The maximum Gasteiger partial charge on any atom is 0.195 e. The Morgan fingerprint density at radius 2 is 1.83 bits per heavy atom. The predicted octanol–water partition coefficient (Wildman–Crippen LogP) is 4.44. The topological polar surface area (TPSA) is 82.2 Å². The molecule has 0 bridgehead atoms. The van der Waals surface area contributed by atoms with Gasteiger partial charge in [0.15, 0.2) is 5.78 Å². The van der Waals surface area contributed by atoms with Crippen LogP contribution in [0.25, 0.3) is 0 Å². The molecular weight excluding hydrogens is 431 g/mol. The van der Waals surface area contributed by atoms with Crippen molar-refractivity contribution in [3.63, 3.8) is 0 Å². The largest absolute Gasteiger partial charge is 0.384 e. The van der Waals surface area contributed by atoms with Crippen molar-refractivity contribution in [2.45, 2.75) is 5.92 Å². The molecule has 2 aliphatic rings. The molecule has 2 aromatic rings. The van der Waals surface area contributed by atoms with E-state index in [-0.39, 0.29) is 10.8 Å². The Hall–Kier alpha value is -2.65. The van der Waals surface area contributed by atoms with E-state index < -0.39 is 5.92 Å².